The minimum Gasteiger partial charge on any atom is -0.478 e. The average molecular weight is 343 g/mol. The Morgan fingerprint density at radius 2 is 2.28 bits per heavy atom. The van der Waals surface area contributed by atoms with Crippen molar-refractivity contribution >= 4 is 17.6 Å². The van der Waals surface area contributed by atoms with Crippen LogP contribution >= 0.6 is 0 Å². The van der Waals surface area contributed by atoms with Gasteiger partial charge in [-0.25, -0.2) is 4.79 Å². The van der Waals surface area contributed by atoms with Crippen LogP contribution in [-0.2, 0) is 4.79 Å². The Labute approximate surface area is 148 Å². The van der Waals surface area contributed by atoms with Crippen LogP contribution in [0.25, 0.3) is 0 Å². The summed E-state index contributed by atoms with van der Waals surface area (Å²) in [5.74, 6) is 0.541. The Balaban J connectivity index is 1.68. The Morgan fingerprint density at radius 3 is 2.96 bits per heavy atom. The lowest BCUT2D eigenvalue weighted by atomic mass is 10.1. The van der Waals surface area contributed by atoms with E-state index < -0.39 is 6.10 Å². The van der Waals surface area contributed by atoms with Crippen LogP contribution in [-0.4, -0.2) is 36.0 Å². The summed E-state index contributed by atoms with van der Waals surface area (Å²) >= 11 is 0. The Bertz CT molecular complexity index is 714. The van der Waals surface area contributed by atoms with Crippen LogP contribution in [0, 0.1) is 0 Å². The number of carbonyl (C=O) groups excluding carboxylic acids is 2. The summed E-state index contributed by atoms with van der Waals surface area (Å²) in [6.45, 7) is 7.35. The maximum Gasteiger partial charge on any atom is 0.318 e. The molecule has 0 unspecified atom stereocenters. The first kappa shape index (κ1) is 17.3. The minimum absolute atomic E-state index is 0.0605. The molecule has 6 nitrogen and oxygen atoms in total. The van der Waals surface area contributed by atoms with Crippen LogP contribution in [0.15, 0.2) is 29.8 Å². The molecule has 0 aromatic heterocycles. The van der Waals surface area contributed by atoms with Crippen LogP contribution in [0.5, 0.6) is 5.75 Å². The van der Waals surface area contributed by atoms with Crippen LogP contribution < -0.4 is 15.4 Å². The van der Waals surface area contributed by atoms with Crippen molar-refractivity contribution in [1.29, 1.82) is 0 Å². The molecule has 0 radical (unpaired) electrons. The smallest absolute Gasteiger partial charge is 0.318 e. The molecule has 2 atom stereocenters. The molecule has 6 heteroatoms. The molecule has 0 aliphatic carbocycles. The molecule has 1 aromatic rings. The molecule has 0 bridgehead atoms. The van der Waals surface area contributed by atoms with Crippen molar-refractivity contribution in [2.24, 2.45) is 0 Å². The fourth-order valence-corrected chi connectivity index (χ4v) is 3.01. The zero-order valence-electron chi connectivity index (χ0n) is 15.0. The zero-order valence-corrected chi connectivity index (χ0v) is 15.0. The lowest BCUT2D eigenvalue weighted by molar-refractivity contribution is -0.123. The Kier molecular flexibility index (Phi) is 4.97. The van der Waals surface area contributed by atoms with E-state index in [4.69, 9.17) is 4.74 Å². The van der Waals surface area contributed by atoms with Crippen molar-refractivity contribution in [3.63, 3.8) is 0 Å². The quantitative estimate of drug-likeness (QED) is 0.828. The van der Waals surface area contributed by atoms with Gasteiger partial charge in [0.05, 0.1) is 11.7 Å². The third-order valence-electron chi connectivity index (χ3n) is 4.76. The summed E-state index contributed by atoms with van der Waals surface area (Å²) in [6, 6.07) is 5.41. The maximum absolute atomic E-state index is 12.4. The number of urea groups is 1. The van der Waals surface area contributed by atoms with Crippen molar-refractivity contribution < 1.29 is 14.3 Å². The van der Waals surface area contributed by atoms with Crippen LogP contribution in [0.2, 0.25) is 0 Å². The second kappa shape index (κ2) is 7.17. The monoisotopic (exact) mass is 343 g/mol. The molecule has 2 heterocycles. The van der Waals surface area contributed by atoms with Gasteiger partial charge in [0.25, 0.3) is 5.91 Å². The third-order valence-corrected chi connectivity index (χ3v) is 4.76. The number of ether oxygens (including phenoxy) is 1. The molecule has 3 rings (SSSR count). The van der Waals surface area contributed by atoms with Gasteiger partial charge >= 0.3 is 6.03 Å². The van der Waals surface area contributed by atoms with E-state index in [1.165, 1.54) is 5.57 Å². The number of hydrogen-bond acceptors (Lipinski definition) is 3. The molecule has 3 amide bonds. The summed E-state index contributed by atoms with van der Waals surface area (Å²) in [5.41, 5.74) is 2.95. The largest absolute Gasteiger partial charge is 0.478 e. The number of carbonyl (C=O) groups is 2. The van der Waals surface area contributed by atoms with E-state index in [9.17, 15) is 9.59 Å². The number of anilines is 1. The van der Waals surface area contributed by atoms with Crippen molar-refractivity contribution in [2.45, 2.75) is 45.8 Å². The Morgan fingerprint density at radius 1 is 1.48 bits per heavy atom. The van der Waals surface area contributed by atoms with Gasteiger partial charge < -0.3 is 20.3 Å². The number of fused-ring (bicyclic) bond motifs is 1. The second-order valence-corrected chi connectivity index (χ2v) is 6.68. The number of nitrogens with one attached hydrogen (secondary N) is 2. The highest BCUT2D eigenvalue weighted by molar-refractivity contribution is 5.97. The first-order valence-corrected chi connectivity index (χ1v) is 8.80. The number of hydrogen-bond donors (Lipinski definition) is 2. The third kappa shape index (κ3) is 3.78. The van der Waals surface area contributed by atoms with Gasteiger partial charge in [0.1, 0.15) is 5.75 Å². The van der Waals surface area contributed by atoms with E-state index >= 15 is 0 Å². The van der Waals surface area contributed by atoms with Gasteiger partial charge in [-0.15, -0.1) is 0 Å². The molecule has 0 spiro atoms. The standard InChI is InChI=1S/C19H25N3O3/c1-4-16-18(23)21-15-6-5-14(11-17(15)25-16)13(3)20-19(24)22-9-7-12(2)8-10-22/h5-7,11,13,16H,4,8-10H2,1-3H3,(H,20,24)(H,21,23)/t13-,16+/m0/s1. The second-order valence-electron chi connectivity index (χ2n) is 6.68. The molecule has 25 heavy (non-hydrogen) atoms. The summed E-state index contributed by atoms with van der Waals surface area (Å²) in [5, 5.41) is 5.89. The lowest BCUT2D eigenvalue weighted by Gasteiger charge is -2.28. The van der Waals surface area contributed by atoms with E-state index in [1.807, 2.05) is 36.9 Å². The predicted molar refractivity (Wildman–Crippen MR) is 96.7 cm³/mol. The highest BCUT2D eigenvalue weighted by Crippen LogP contribution is 2.33. The molecule has 0 saturated heterocycles. The highest BCUT2D eigenvalue weighted by atomic mass is 16.5. The molecule has 134 valence electrons. The predicted octanol–water partition coefficient (Wildman–Crippen LogP) is 3.22. The van der Waals surface area contributed by atoms with Gasteiger partial charge in [-0.2, -0.15) is 0 Å². The van der Waals surface area contributed by atoms with Crippen LogP contribution in [0.4, 0.5) is 10.5 Å². The Hall–Kier alpha value is -2.50. The molecular formula is C19H25N3O3. The van der Waals surface area contributed by atoms with Crippen molar-refractivity contribution in [2.75, 3.05) is 18.4 Å². The lowest BCUT2D eigenvalue weighted by Crippen LogP contribution is -2.43. The SMILES string of the molecule is CC[C@H]1Oc2cc([C@H](C)NC(=O)N3CC=C(C)CC3)ccc2NC1=O. The summed E-state index contributed by atoms with van der Waals surface area (Å²) in [4.78, 5) is 26.1. The first-order chi connectivity index (χ1) is 12.0. The fraction of sp³-hybridized carbons (Fsp3) is 0.474. The van der Waals surface area contributed by atoms with Crippen LogP contribution in [0.1, 0.15) is 45.2 Å². The van der Waals surface area contributed by atoms with Gasteiger partial charge in [0.15, 0.2) is 6.10 Å². The van der Waals surface area contributed by atoms with Crippen molar-refractivity contribution in [3.05, 3.63) is 35.4 Å². The minimum atomic E-state index is -0.462. The molecule has 0 fully saturated rings. The maximum atomic E-state index is 12.4. The summed E-state index contributed by atoms with van der Waals surface area (Å²) < 4.78 is 5.77. The van der Waals surface area contributed by atoms with E-state index in [1.54, 1.807) is 0 Å². The van der Waals surface area contributed by atoms with E-state index in [0.717, 1.165) is 18.5 Å². The molecule has 2 aliphatic heterocycles. The average Bonchev–Trinajstić information content (AvgIpc) is 2.61. The van der Waals surface area contributed by atoms with E-state index in [2.05, 4.69) is 23.6 Å². The zero-order chi connectivity index (χ0) is 18.0. The van der Waals surface area contributed by atoms with Crippen LogP contribution in [0.3, 0.4) is 0 Å². The van der Waals surface area contributed by atoms with Crippen molar-refractivity contribution in [3.8, 4) is 5.75 Å². The van der Waals surface area contributed by atoms with E-state index in [0.29, 0.717) is 24.4 Å². The number of benzene rings is 1. The molecular weight excluding hydrogens is 318 g/mol. The molecule has 0 saturated carbocycles. The molecule has 1 aromatic carbocycles. The highest BCUT2D eigenvalue weighted by Gasteiger charge is 2.27. The van der Waals surface area contributed by atoms with Gasteiger partial charge in [0.2, 0.25) is 0 Å². The first-order valence-electron chi connectivity index (χ1n) is 8.80. The van der Waals surface area contributed by atoms with Gasteiger partial charge in [-0.1, -0.05) is 24.6 Å². The number of nitrogens with zero attached hydrogens (tertiary/aromatic N) is 1. The van der Waals surface area contributed by atoms with E-state index in [-0.39, 0.29) is 18.0 Å². The molecule has 2 N–H and O–H groups in total. The number of rotatable bonds is 3. The summed E-state index contributed by atoms with van der Waals surface area (Å²) in [6.07, 6.45) is 3.17. The van der Waals surface area contributed by atoms with Gasteiger partial charge in [-0.05, 0) is 44.4 Å². The normalized spacial score (nSPS) is 20.8. The van der Waals surface area contributed by atoms with Crippen molar-refractivity contribution in [1.82, 2.24) is 10.2 Å². The number of amides is 3. The topological polar surface area (TPSA) is 70.7 Å². The van der Waals surface area contributed by atoms with Gasteiger partial charge in [0, 0.05) is 13.1 Å². The fourth-order valence-electron chi connectivity index (χ4n) is 3.01. The summed E-state index contributed by atoms with van der Waals surface area (Å²) in [7, 11) is 0. The molecule has 2 aliphatic rings. The van der Waals surface area contributed by atoms with Gasteiger partial charge in [-0.3, -0.25) is 4.79 Å².